The molecule has 0 spiro atoms. The number of carbonyl (C=O) groups excluding carboxylic acids is 1. The third-order valence-electron chi connectivity index (χ3n) is 2.83. The van der Waals surface area contributed by atoms with E-state index in [9.17, 15) is 9.59 Å². The minimum atomic E-state index is -1.04. The van der Waals surface area contributed by atoms with Crippen molar-refractivity contribution in [1.29, 1.82) is 0 Å². The predicted octanol–water partition coefficient (Wildman–Crippen LogP) is 2.62. The molecule has 0 aliphatic rings. The number of aryl methyl sites for hydroxylation is 1. The fraction of sp³-hybridized carbons (Fsp3) is 0.500. The van der Waals surface area contributed by atoms with E-state index < -0.39 is 17.9 Å². The molecular formula is C14H19ClN2O3S. The molecule has 0 saturated heterocycles. The van der Waals surface area contributed by atoms with Gasteiger partial charge in [-0.3, -0.25) is 4.79 Å². The van der Waals surface area contributed by atoms with Gasteiger partial charge in [-0.2, -0.15) is 11.8 Å². The summed E-state index contributed by atoms with van der Waals surface area (Å²) < 4.78 is 0. The monoisotopic (exact) mass is 330 g/mol. The van der Waals surface area contributed by atoms with Gasteiger partial charge in [-0.15, -0.1) is 0 Å². The fourth-order valence-electron chi connectivity index (χ4n) is 1.80. The van der Waals surface area contributed by atoms with Crippen molar-refractivity contribution in [2.24, 2.45) is 0 Å². The number of carbonyl (C=O) groups is 2. The summed E-state index contributed by atoms with van der Waals surface area (Å²) in [6.45, 7) is 2.01. The summed E-state index contributed by atoms with van der Waals surface area (Å²) in [6.07, 6.45) is 3.87. The second-order valence-electron chi connectivity index (χ2n) is 4.57. The van der Waals surface area contributed by atoms with Crippen LogP contribution in [0, 0.1) is 0 Å². The quantitative estimate of drug-likeness (QED) is 0.716. The van der Waals surface area contributed by atoms with Crippen LogP contribution in [0.15, 0.2) is 12.1 Å². The molecule has 0 aromatic carbocycles. The Bertz CT molecular complexity index is 511. The molecule has 1 amide bonds. The van der Waals surface area contributed by atoms with Crippen LogP contribution in [0.1, 0.15) is 35.8 Å². The van der Waals surface area contributed by atoms with Crippen LogP contribution in [0.25, 0.3) is 0 Å². The van der Waals surface area contributed by atoms with Crippen LogP contribution in [0.4, 0.5) is 0 Å². The van der Waals surface area contributed by atoms with Gasteiger partial charge in [0.15, 0.2) is 0 Å². The molecule has 1 unspecified atom stereocenters. The van der Waals surface area contributed by atoms with Crippen LogP contribution in [-0.2, 0) is 11.2 Å². The average Bonchev–Trinajstić information content (AvgIpc) is 2.42. The number of hydrogen-bond donors (Lipinski definition) is 2. The van der Waals surface area contributed by atoms with E-state index in [1.54, 1.807) is 6.07 Å². The first-order valence-electron chi connectivity index (χ1n) is 6.67. The molecule has 21 heavy (non-hydrogen) atoms. The van der Waals surface area contributed by atoms with Gasteiger partial charge in [-0.1, -0.05) is 24.9 Å². The van der Waals surface area contributed by atoms with E-state index in [2.05, 4.69) is 10.3 Å². The predicted molar refractivity (Wildman–Crippen MR) is 85.1 cm³/mol. The molecule has 0 aliphatic carbocycles. The maximum absolute atomic E-state index is 12.2. The molecule has 7 heteroatoms. The lowest BCUT2D eigenvalue weighted by atomic mass is 10.1. The molecule has 0 radical (unpaired) electrons. The van der Waals surface area contributed by atoms with Gasteiger partial charge >= 0.3 is 5.97 Å². The van der Waals surface area contributed by atoms with Gasteiger partial charge in [0.25, 0.3) is 5.91 Å². The van der Waals surface area contributed by atoms with Crippen LogP contribution in [-0.4, -0.2) is 40.0 Å². The second kappa shape index (κ2) is 8.89. The maximum atomic E-state index is 12.2. The number of carboxylic acid groups (broad SMARTS) is 1. The SMILES string of the molecule is CCCc1cc(C(=O)NC(CCSC)C(=O)O)cc(Cl)n1. The van der Waals surface area contributed by atoms with Gasteiger partial charge in [0.05, 0.1) is 0 Å². The first-order valence-corrected chi connectivity index (χ1v) is 8.44. The minimum Gasteiger partial charge on any atom is -0.480 e. The highest BCUT2D eigenvalue weighted by molar-refractivity contribution is 7.98. The van der Waals surface area contributed by atoms with Crippen LogP contribution < -0.4 is 5.32 Å². The third-order valence-corrected chi connectivity index (χ3v) is 3.67. The average molecular weight is 331 g/mol. The van der Waals surface area contributed by atoms with Crippen molar-refractivity contribution < 1.29 is 14.7 Å². The van der Waals surface area contributed by atoms with E-state index in [1.807, 2.05) is 13.2 Å². The lowest BCUT2D eigenvalue weighted by Crippen LogP contribution is -2.41. The zero-order valence-electron chi connectivity index (χ0n) is 12.1. The van der Waals surface area contributed by atoms with Crippen molar-refractivity contribution in [1.82, 2.24) is 10.3 Å². The molecule has 0 saturated carbocycles. The summed E-state index contributed by atoms with van der Waals surface area (Å²) in [5, 5.41) is 11.9. The first kappa shape index (κ1) is 17.8. The maximum Gasteiger partial charge on any atom is 0.326 e. The van der Waals surface area contributed by atoms with Gasteiger partial charge in [0, 0.05) is 11.3 Å². The Morgan fingerprint density at radius 2 is 2.19 bits per heavy atom. The highest BCUT2D eigenvalue weighted by Gasteiger charge is 2.20. The molecule has 0 fully saturated rings. The lowest BCUT2D eigenvalue weighted by Gasteiger charge is -2.14. The van der Waals surface area contributed by atoms with Crippen molar-refractivity contribution in [2.75, 3.05) is 12.0 Å². The Kier molecular flexibility index (Phi) is 7.53. The van der Waals surface area contributed by atoms with E-state index in [4.69, 9.17) is 16.7 Å². The summed E-state index contributed by atoms with van der Waals surface area (Å²) in [5.41, 5.74) is 1.07. The summed E-state index contributed by atoms with van der Waals surface area (Å²) in [4.78, 5) is 27.4. The third kappa shape index (κ3) is 5.93. The van der Waals surface area contributed by atoms with Crippen molar-refractivity contribution >= 4 is 35.2 Å². The smallest absolute Gasteiger partial charge is 0.326 e. The van der Waals surface area contributed by atoms with Gasteiger partial charge in [-0.25, -0.2) is 9.78 Å². The second-order valence-corrected chi connectivity index (χ2v) is 5.94. The molecule has 5 nitrogen and oxygen atoms in total. The molecule has 1 aromatic rings. The number of nitrogens with one attached hydrogen (secondary N) is 1. The van der Waals surface area contributed by atoms with Crippen LogP contribution in [0.5, 0.6) is 0 Å². The Balaban J connectivity index is 2.84. The Hall–Kier alpha value is -1.27. The molecule has 1 aromatic heterocycles. The van der Waals surface area contributed by atoms with E-state index in [0.29, 0.717) is 17.7 Å². The number of thioether (sulfide) groups is 1. The fourth-order valence-corrected chi connectivity index (χ4v) is 2.50. The molecule has 1 heterocycles. The summed E-state index contributed by atoms with van der Waals surface area (Å²) in [7, 11) is 0. The number of hydrogen-bond acceptors (Lipinski definition) is 4. The number of carboxylic acids is 1. The minimum absolute atomic E-state index is 0.238. The Labute approximate surface area is 133 Å². The van der Waals surface area contributed by atoms with Gasteiger partial charge in [-0.05, 0) is 37.0 Å². The van der Waals surface area contributed by atoms with E-state index in [0.717, 1.165) is 18.5 Å². The number of amides is 1. The Morgan fingerprint density at radius 3 is 2.76 bits per heavy atom. The summed E-state index contributed by atoms with van der Waals surface area (Å²) in [5.74, 6) is -0.813. The van der Waals surface area contributed by atoms with E-state index >= 15 is 0 Å². The van der Waals surface area contributed by atoms with Crippen molar-refractivity contribution in [2.45, 2.75) is 32.2 Å². The normalized spacial score (nSPS) is 12.0. The highest BCUT2D eigenvalue weighted by atomic mass is 35.5. The van der Waals surface area contributed by atoms with Crippen LogP contribution in [0.3, 0.4) is 0 Å². The van der Waals surface area contributed by atoms with Crippen LogP contribution in [0.2, 0.25) is 5.15 Å². The number of aliphatic carboxylic acids is 1. The number of rotatable bonds is 8. The molecular weight excluding hydrogens is 312 g/mol. The van der Waals surface area contributed by atoms with Crippen molar-refractivity contribution in [3.05, 3.63) is 28.5 Å². The zero-order valence-corrected chi connectivity index (χ0v) is 13.6. The first-order chi connectivity index (χ1) is 9.97. The molecule has 2 N–H and O–H groups in total. The Morgan fingerprint density at radius 1 is 1.48 bits per heavy atom. The van der Waals surface area contributed by atoms with Gasteiger partial charge < -0.3 is 10.4 Å². The van der Waals surface area contributed by atoms with Gasteiger partial charge in [0.1, 0.15) is 11.2 Å². The molecule has 116 valence electrons. The molecule has 1 atom stereocenters. The van der Waals surface area contributed by atoms with Gasteiger partial charge in [0.2, 0.25) is 0 Å². The lowest BCUT2D eigenvalue weighted by molar-refractivity contribution is -0.139. The number of aromatic nitrogens is 1. The van der Waals surface area contributed by atoms with Crippen molar-refractivity contribution in [3.63, 3.8) is 0 Å². The molecule has 1 rings (SSSR count). The summed E-state index contributed by atoms with van der Waals surface area (Å²) in [6, 6.07) is 2.20. The number of halogens is 1. The van der Waals surface area contributed by atoms with E-state index in [1.165, 1.54) is 17.8 Å². The molecule has 0 aliphatic heterocycles. The zero-order chi connectivity index (χ0) is 15.8. The van der Waals surface area contributed by atoms with Crippen LogP contribution >= 0.6 is 23.4 Å². The number of pyridine rings is 1. The summed E-state index contributed by atoms with van der Waals surface area (Å²) >= 11 is 7.44. The standard InChI is InChI=1S/C14H19ClN2O3S/c1-3-4-10-7-9(8-12(15)16-10)13(18)17-11(14(19)20)5-6-21-2/h7-8,11H,3-6H2,1-2H3,(H,17,18)(H,19,20). The number of nitrogens with zero attached hydrogens (tertiary/aromatic N) is 1. The highest BCUT2D eigenvalue weighted by Crippen LogP contribution is 2.13. The largest absolute Gasteiger partial charge is 0.480 e. The molecule has 0 bridgehead atoms. The topological polar surface area (TPSA) is 79.3 Å². The van der Waals surface area contributed by atoms with E-state index in [-0.39, 0.29) is 5.15 Å². The van der Waals surface area contributed by atoms with Crippen molar-refractivity contribution in [3.8, 4) is 0 Å².